The molecule has 100 valence electrons. The summed E-state index contributed by atoms with van der Waals surface area (Å²) in [5, 5.41) is 12.7. The van der Waals surface area contributed by atoms with Crippen LogP contribution in [0.25, 0.3) is 0 Å². The van der Waals surface area contributed by atoms with Crippen molar-refractivity contribution in [2.24, 2.45) is 0 Å². The summed E-state index contributed by atoms with van der Waals surface area (Å²) in [6, 6.07) is 6.95. The monoisotopic (exact) mass is 249 g/mol. The molecule has 3 heteroatoms. The molecule has 0 radical (unpaired) electrons. The highest BCUT2D eigenvalue weighted by atomic mass is 16.5. The lowest BCUT2D eigenvalue weighted by Crippen LogP contribution is -2.35. The zero-order chi connectivity index (χ0) is 13.0. The van der Waals surface area contributed by atoms with Gasteiger partial charge < -0.3 is 15.2 Å². The molecular formula is C15H23NO2. The van der Waals surface area contributed by atoms with Gasteiger partial charge in [0.15, 0.2) is 0 Å². The van der Waals surface area contributed by atoms with Gasteiger partial charge in [-0.25, -0.2) is 0 Å². The highest BCUT2D eigenvalue weighted by Gasteiger charge is 2.23. The van der Waals surface area contributed by atoms with Crippen molar-refractivity contribution in [3.8, 4) is 5.75 Å². The molecule has 0 saturated heterocycles. The maximum Gasteiger partial charge on any atom is 0.119 e. The van der Waals surface area contributed by atoms with Crippen LogP contribution in [0, 0.1) is 13.8 Å². The van der Waals surface area contributed by atoms with Crippen LogP contribution in [0.4, 0.5) is 0 Å². The van der Waals surface area contributed by atoms with Crippen LogP contribution in [0.2, 0.25) is 0 Å². The van der Waals surface area contributed by atoms with Gasteiger partial charge in [-0.05, 0) is 56.4 Å². The molecule has 3 nitrogen and oxygen atoms in total. The number of hydrogen-bond donors (Lipinski definition) is 2. The predicted octanol–water partition coefficient (Wildman–Crippen LogP) is 2.19. The largest absolute Gasteiger partial charge is 0.494 e. The molecule has 1 aliphatic carbocycles. The van der Waals surface area contributed by atoms with Crippen molar-refractivity contribution in [2.75, 3.05) is 13.2 Å². The van der Waals surface area contributed by atoms with E-state index in [1.165, 1.54) is 24.0 Å². The molecule has 1 saturated carbocycles. The molecule has 1 aliphatic rings. The zero-order valence-corrected chi connectivity index (χ0v) is 11.3. The predicted molar refractivity (Wildman–Crippen MR) is 73.1 cm³/mol. The van der Waals surface area contributed by atoms with Crippen molar-refractivity contribution in [3.63, 3.8) is 0 Å². The van der Waals surface area contributed by atoms with Crippen molar-refractivity contribution in [1.29, 1.82) is 0 Å². The smallest absolute Gasteiger partial charge is 0.119 e. The first-order valence-electron chi connectivity index (χ1n) is 6.76. The number of aryl methyl sites for hydroxylation is 2. The fourth-order valence-corrected chi connectivity index (χ4v) is 1.93. The molecule has 0 bridgehead atoms. The van der Waals surface area contributed by atoms with Gasteiger partial charge in [0.1, 0.15) is 5.75 Å². The molecule has 0 aliphatic heterocycles. The van der Waals surface area contributed by atoms with Crippen LogP contribution >= 0.6 is 0 Å². The van der Waals surface area contributed by atoms with E-state index >= 15 is 0 Å². The van der Waals surface area contributed by atoms with Gasteiger partial charge in [-0.1, -0.05) is 6.07 Å². The number of nitrogens with one attached hydrogen (secondary N) is 1. The van der Waals surface area contributed by atoms with Crippen LogP contribution in [-0.4, -0.2) is 30.4 Å². The van der Waals surface area contributed by atoms with E-state index in [2.05, 4.69) is 31.3 Å². The average Bonchev–Trinajstić information content (AvgIpc) is 3.16. The summed E-state index contributed by atoms with van der Waals surface area (Å²) < 4.78 is 5.73. The molecule has 2 N–H and O–H groups in total. The van der Waals surface area contributed by atoms with Crippen molar-refractivity contribution in [1.82, 2.24) is 5.32 Å². The minimum Gasteiger partial charge on any atom is -0.494 e. The lowest BCUT2D eigenvalue weighted by atomic mass is 10.1. The van der Waals surface area contributed by atoms with E-state index in [4.69, 9.17) is 4.74 Å². The van der Waals surface area contributed by atoms with Gasteiger partial charge in [0.2, 0.25) is 0 Å². The quantitative estimate of drug-likeness (QED) is 0.778. The SMILES string of the molecule is Cc1ccc(OCCC(CO)NC2CC2)cc1C. The number of benzene rings is 1. The first kappa shape index (κ1) is 13.4. The van der Waals surface area contributed by atoms with Crippen molar-refractivity contribution >= 4 is 0 Å². The summed E-state index contributed by atoms with van der Waals surface area (Å²) in [6.45, 7) is 5.02. The molecule has 1 unspecified atom stereocenters. The highest BCUT2D eigenvalue weighted by molar-refractivity contribution is 5.33. The fourth-order valence-electron chi connectivity index (χ4n) is 1.93. The van der Waals surface area contributed by atoms with E-state index in [1.807, 2.05) is 6.07 Å². The molecule has 0 aromatic heterocycles. The molecule has 0 spiro atoms. The minimum atomic E-state index is 0.170. The van der Waals surface area contributed by atoms with E-state index < -0.39 is 0 Å². The van der Waals surface area contributed by atoms with Crippen LogP contribution in [0.5, 0.6) is 5.75 Å². The Kier molecular flexibility index (Phi) is 4.61. The molecule has 2 rings (SSSR count). The van der Waals surface area contributed by atoms with Gasteiger partial charge in [0.05, 0.1) is 13.2 Å². The molecule has 0 heterocycles. The van der Waals surface area contributed by atoms with Crippen LogP contribution in [0.3, 0.4) is 0 Å². The topological polar surface area (TPSA) is 41.5 Å². The Labute approximate surface area is 109 Å². The Bertz CT molecular complexity index is 388. The van der Waals surface area contributed by atoms with Gasteiger partial charge >= 0.3 is 0 Å². The third-order valence-corrected chi connectivity index (χ3v) is 3.48. The normalized spacial score (nSPS) is 16.6. The second-order valence-electron chi connectivity index (χ2n) is 5.20. The van der Waals surface area contributed by atoms with Gasteiger partial charge in [0.25, 0.3) is 0 Å². The third kappa shape index (κ3) is 4.00. The van der Waals surface area contributed by atoms with Gasteiger partial charge in [-0.15, -0.1) is 0 Å². The lowest BCUT2D eigenvalue weighted by Gasteiger charge is -2.16. The summed E-state index contributed by atoms with van der Waals surface area (Å²) >= 11 is 0. The highest BCUT2D eigenvalue weighted by Crippen LogP contribution is 2.20. The first-order valence-corrected chi connectivity index (χ1v) is 6.76. The number of aliphatic hydroxyl groups is 1. The standard InChI is InChI=1S/C15H23NO2/c1-11-3-6-15(9-12(11)2)18-8-7-14(10-17)16-13-4-5-13/h3,6,9,13-14,16-17H,4-5,7-8,10H2,1-2H3. The van der Waals surface area contributed by atoms with Crippen LogP contribution in [0.1, 0.15) is 30.4 Å². The van der Waals surface area contributed by atoms with Crippen molar-refractivity contribution in [2.45, 2.75) is 45.2 Å². The van der Waals surface area contributed by atoms with Gasteiger partial charge in [-0.3, -0.25) is 0 Å². The van der Waals surface area contributed by atoms with Crippen LogP contribution < -0.4 is 10.1 Å². The number of rotatable bonds is 7. The number of hydrogen-bond acceptors (Lipinski definition) is 3. The Morgan fingerprint density at radius 1 is 1.33 bits per heavy atom. The lowest BCUT2D eigenvalue weighted by molar-refractivity contribution is 0.207. The van der Waals surface area contributed by atoms with E-state index in [9.17, 15) is 5.11 Å². The molecule has 1 atom stereocenters. The third-order valence-electron chi connectivity index (χ3n) is 3.48. The Hall–Kier alpha value is -1.06. The van der Waals surface area contributed by atoms with Crippen molar-refractivity contribution < 1.29 is 9.84 Å². The summed E-state index contributed by atoms with van der Waals surface area (Å²) in [6.07, 6.45) is 3.34. The van der Waals surface area contributed by atoms with Crippen LogP contribution in [-0.2, 0) is 0 Å². The maximum absolute atomic E-state index is 9.26. The molecule has 18 heavy (non-hydrogen) atoms. The van der Waals surface area contributed by atoms with Crippen molar-refractivity contribution in [3.05, 3.63) is 29.3 Å². The molecule has 1 aromatic carbocycles. The van der Waals surface area contributed by atoms with E-state index in [1.54, 1.807) is 0 Å². The summed E-state index contributed by atoms with van der Waals surface area (Å²) in [7, 11) is 0. The minimum absolute atomic E-state index is 0.170. The van der Waals surface area contributed by atoms with Gasteiger partial charge in [0, 0.05) is 12.1 Å². The summed E-state index contributed by atoms with van der Waals surface area (Å²) in [4.78, 5) is 0. The Balaban J connectivity index is 1.74. The second kappa shape index (κ2) is 6.21. The van der Waals surface area contributed by atoms with E-state index in [0.717, 1.165) is 12.2 Å². The molecular weight excluding hydrogens is 226 g/mol. The Morgan fingerprint density at radius 3 is 2.72 bits per heavy atom. The Morgan fingerprint density at radius 2 is 2.11 bits per heavy atom. The fraction of sp³-hybridized carbons (Fsp3) is 0.600. The summed E-state index contributed by atoms with van der Waals surface area (Å²) in [5.41, 5.74) is 2.54. The molecule has 1 aromatic rings. The number of aliphatic hydroxyl groups excluding tert-OH is 1. The summed E-state index contributed by atoms with van der Waals surface area (Å²) in [5.74, 6) is 0.918. The molecule has 0 amide bonds. The maximum atomic E-state index is 9.26. The second-order valence-corrected chi connectivity index (χ2v) is 5.20. The average molecular weight is 249 g/mol. The first-order chi connectivity index (χ1) is 8.69. The van der Waals surface area contributed by atoms with Crippen LogP contribution in [0.15, 0.2) is 18.2 Å². The van der Waals surface area contributed by atoms with Gasteiger partial charge in [-0.2, -0.15) is 0 Å². The van der Waals surface area contributed by atoms with E-state index in [-0.39, 0.29) is 12.6 Å². The molecule has 1 fully saturated rings. The number of ether oxygens (including phenoxy) is 1. The zero-order valence-electron chi connectivity index (χ0n) is 11.3. The van der Waals surface area contributed by atoms with E-state index in [0.29, 0.717) is 12.6 Å².